The maximum Gasteiger partial charge on any atom is 0.208 e. The standard InChI is InChI=1S/C11H17NO2S/c1-9-4-6-11(7-5-9)8-10(2)12-15(3,13)14/h4-7,10,12H,8H2,1-3H3/t10-/m1/s1. The Labute approximate surface area is 91.6 Å². The van der Waals surface area contributed by atoms with E-state index in [-0.39, 0.29) is 6.04 Å². The Morgan fingerprint density at radius 2 is 1.80 bits per heavy atom. The second-order valence-electron chi connectivity index (χ2n) is 3.98. The van der Waals surface area contributed by atoms with Gasteiger partial charge in [-0.15, -0.1) is 0 Å². The quantitative estimate of drug-likeness (QED) is 0.846. The molecule has 0 saturated heterocycles. The summed E-state index contributed by atoms with van der Waals surface area (Å²) in [5, 5.41) is 0. The van der Waals surface area contributed by atoms with Crippen molar-refractivity contribution in [3.05, 3.63) is 35.4 Å². The van der Waals surface area contributed by atoms with Gasteiger partial charge in [0.25, 0.3) is 0 Å². The highest BCUT2D eigenvalue weighted by atomic mass is 32.2. The zero-order chi connectivity index (χ0) is 11.5. The molecule has 1 rings (SSSR count). The van der Waals surface area contributed by atoms with Gasteiger partial charge in [0.1, 0.15) is 0 Å². The minimum atomic E-state index is -3.10. The van der Waals surface area contributed by atoms with Crippen molar-refractivity contribution in [2.75, 3.05) is 6.26 Å². The molecule has 0 fully saturated rings. The molecule has 0 heterocycles. The number of benzene rings is 1. The highest BCUT2D eigenvalue weighted by molar-refractivity contribution is 7.88. The number of hydrogen-bond acceptors (Lipinski definition) is 2. The van der Waals surface area contributed by atoms with Crippen LogP contribution in [0.1, 0.15) is 18.1 Å². The van der Waals surface area contributed by atoms with Crippen LogP contribution in [0.15, 0.2) is 24.3 Å². The van der Waals surface area contributed by atoms with Crippen LogP contribution in [0, 0.1) is 6.92 Å². The molecule has 1 aromatic carbocycles. The lowest BCUT2D eigenvalue weighted by Crippen LogP contribution is -2.33. The van der Waals surface area contributed by atoms with E-state index in [1.165, 1.54) is 11.8 Å². The SMILES string of the molecule is Cc1ccc(C[C@@H](C)NS(C)(=O)=O)cc1. The molecule has 84 valence electrons. The molecule has 0 saturated carbocycles. The number of sulfonamides is 1. The molecule has 0 aliphatic heterocycles. The molecule has 1 atom stereocenters. The van der Waals surface area contributed by atoms with Crippen molar-refractivity contribution in [2.45, 2.75) is 26.3 Å². The van der Waals surface area contributed by atoms with Crippen LogP contribution >= 0.6 is 0 Å². The van der Waals surface area contributed by atoms with E-state index in [4.69, 9.17) is 0 Å². The number of aryl methyl sites for hydroxylation is 1. The van der Waals surface area contributed by atoms with Crippen LogP contribution in [0.25, 0.3) is 0 Å². The van der Waals surface area contributed by atoms with Gasteiger partial charge < -0.3 is 0 Å². The van der Waals surface area contributed by atoms with Crippen LogP contribution in [0.4, 0.5) is 0 Å². The molecule has 0 aliphatic carbocycles. The number of nitrogens with one attached hydrogen (secondary N) is 1. The molecule has 3 nitrogen and oxygen atoms in total. The van der Waals surface area contributed by atoms with E-state index < -0.39 is 10.0 Å². The third-order valence-electron chi connectivity index (χ3n) is 2.08. The van der Waals surface area contributed by atoms with E-state index in [1.54, 1.807) is 0 Å². The Morgan fingerprint density at radius 3 is 2.27 bits per heavy atom. The Hall–Kier alpha value is -0.870. The van der Waals surface area contributed by atoms with Crippen LogP contribution in [0.2, 0.25) is 0 Å². The molecular weight excluding hydrogens is 210 g/mol. The van der Waals surface area contributed by atoms with E-state index in [1.807, 2.05) is 38.1 Å². The predicted molar refractivity (Wildman–Crippen MR) is 62.3 cm³/mol. The average Bonchev–Trinajstić information content (AvgIpc) is 2.05. The largest absolute Gasteiger partial charge is 0.213 e. The van der Waals surface area contributed by atoms with E-state index in [9.17, 15) is 8.42 Å². The van der Waals surface area contributed by atoms with Gasteiger partial charge in [-0.3, -0.25) is 0 Å². The Bertz CT molecular complexity index is 409. The summed E-state index contributed by atoms with van der Waals surface area (Å²) in [6, 6.07) is 8.04. The summed E-state index contributed by atoms with van der Waals surface area (Å²) in [5.41, 5.74) is 2.35. The van der Waals surface area contributed by atoms with Gasteiger partial charge in [-0.2, -0.15) is 0 Å². The van der Waals surface area contributed by atoms with Crippen molar-refractivity contribution in [3.8, 4) is 0 Å². The molecule has 0 bridgehead atoms. The zero-order valence-electron chi connectivity index (χ0n) is 9.32. The van der Waals surface area contributed by atoms with Gasteiger partial charge in [-0.05, 0) is 25.8 Å². The third-order valence-corrected chi connectivity index (χ3v) is 2.91. The van der Waals surface area contributed by atoms with E-state index in [0.717, 1.165) is 5.56 Å². The van der Waals surface area contributed by atoms with E-state index >= 15 is 0 Å². The summed E-state index contributed by atoms with van der Waals surface area (Å²) in [7, 11) is -3.10. The first-order valence-corrected chi connectivity index (χ1v) is 6.79. The summed E-state index contributed by atoms with van der Waals surface area (Å²) in [6.07, 6.45) is 1.89. The van der Waals surface area contributed by atoms with Gasteiger partial charge >= 0.3 is 0 Å². The second-order valence-corrected chi connectivity index (χ2v) is 5.76. The molecule has 0 amide bonds. The Balaban J connectivity index is 2.59. The fraction of sp³-hybridized carbons (Fsp3) is 0.455. The Kier molecular flexibility index (Phi) is 3.88. The van der Waals surface area contributed by atoms with Gasteiger partial charge in [0.05, 0.1) is 6.26 Å². The monoisotopic (exact) mass is 227 g/mol. The van der Waals surface area contributed by atoms with Gasteiger partial charge in [-0.1, -0.05) is 29.8 Å². The third kappa shape index (κ3) is 4.95. The molecule has 1 N–H and O–H groups in total. The number of rotatable bonds is 4. The van der Waals surface area contributed by atoms with Crippen molar-refractivity contribution >= 4 is 10.0 Å². The minimum Gasteiger partial charge on any atom is -0.213 e. The van der Waals surface area contributed by atoms with Crippen molar-refractivity contribution in [1.82, 2.24) is 4.72 Å². The topological polar surface area (TPSA) is 46.2 Å². The van der Waals surface area contributed by atoms with Gasteiger partial charge in [0.2, 0.25) is 10.0 Å². The zero-order valence-corrected chi connectivity index (χ0v) is 10.1. The molecule has 0 aromatic heterocycles. The first-order chi connectivity index (χ1) is 6.87. The maximum atomic E-state index is 11.0. The lowest BCUT2D eigenvalue weighted by molar-refractivity contribution is 0.565. The fourth-order valence-electron chi connectivity index (χ4n) is 1.48. The lowest BCUT2D eigenvalue weighted by atomic mass is 10.1. The molecule has 4 heteroatoms. The molecule has 0 spiro atoms. The highest BCUT2D eigenvalue weighted by Crippen LogP contribution is 2.06. The van der Waals surface area contributed by atoms with E-state index in [0.29, 0.717) is 6.42 Å². The van der Waals surface area contributed by atoms with Gasteiger partial charge in [0.15, 0.2) is 0 Å². The van der Waals surface area contributed by atoms with Gasteiger partial charge in [0, 0.05) is 6.04 Å². The summed E-state index contributed by atoms with van der Waals surface area (Å²) in [6.45, 7) is 3.89. The first kappa shape index (κ1) is 12.2. The molecule has 15 heavy (non-hydrogen) atoms. The van der Waals surface area contributed by atoms with Crippen LogP contribution in [0.5, 0.6) is 0 Å². The van der Waals surface area contributed by atoms with Crippen molar-refractivity contribution in [1.29, 1.82) is 0 Å². The van der Waals surface area contributed by atoms with Gasteiger partial charge in [-0.25, -0.2) is 13.1 Å². The summed E-state index contributed by atoms with van der Waals surface area (Å²) >= 11 is 0. The summed E-state index contributed by atoms with van der Waals surface area (Å²) in [5.74, 6) is 0. The predicted octanol–water partition coefficient (Wildman–Crippen LogP) is 1.48. The van der Waals surface area contributed by atoms with Crippen molar-refractivity contribution in [2.24, 2.45) is 0 Å². The van der Waals surface area contributed by atoms with Crippen LogP contribution in [-0.2, 0) is 16.4 Å². The van der Waals surface area contributed by atoms with Crippen LogP contribution in [0.3, 0.4) is 0 Å². The summed E-state index contributed by atoms with van der Waals surface area (Å²) < 4.78 is 24.5. The van der Waals surface area contributed by atoms with Crippen molar-refractivity contribution < 1.29 is 8.42 Å². The van der Waals surface area contributed by atoms with Crippen molar-refractivity contribution in [3.63, 3.8) is 0 Å². The Morgan fingerprint density at radius 1 is 1.27 bits per heavy atom. The first-order valence-electron chi connectivity index (χ1n) is 4.89. The molecule has 0 unspecified atom stereocenters. The lowest BCUT2D eigenvalue weighted by Gasteiger charge is -2.12. The van der Waals surface area contributed by atoms with E-state index in [2.05, 4.69) is 4.72 Å². The normalized spacial score (nSPS) is 13.8. The average molecular weight is 227 g/mol. The summed E-state index contributed by atoms with van der Waals surface area (Å²) in [4.78, 5) is 0. The van der Waals surface area contributed by atoms with Crippen LogP contribution in [-0.4, -0.2) is 20.7 Å². The van der Waals surface area contributed by atoms with Crippen LogP contribution < -0.4 is 4.72 Å². The maximum absolute atomic E-state index is 11.0. The minimum absolute atomic E-state index is 0.0669. The molecule has 1 aromatic rings. The molecule has 0 aliphatic rings. The number of hydrogen-bond donors (Lipinski definition) is 1. The second kappa shape index (κ2) is 4.77. The fourth-order valence-corrected chi connectivity index (χ4v) is 2.30. The smallest absolute Gasteiger partial charge is 0.208 e. The molecular formula is C11H17NO2S. The highest BCUT2D eigenvalue weighted by Gasteiger charge is 2.08. The molecule has 0 radical (unpaired) electrons.